The van der Waals surface area contributed by atoms with Gasteiger partial charge in [-0.25, -0.2) is 15.0 Å². The number of rotatable bonds is 2. The fourth-order valence-corrected chi connectivity index (χ4v) is 3.48. The summed E-state index contributed by atoms with van der Waals surface area (Å²) in [5, 5.41) is 1.48. The molecule has 0 saturated heterocycles. The van der Waals surface area contributed by atoms with E-state index >= 15 is 0 Å². The predicted molar refractivity (Wildman–Crippen MR) is 83.7 cm³/mol. The van der Waals surface area contributed by atoms with Crippen LogP contribution in [0.3, 0.4) is 0 Å². The topological polar surface area (TPSA) is 117 Å². The molecular weight excluding hydrogens is 292 g/mol. The number of fused-ring (bicyclic) bond motifs is 1. The first-order valence-corrected chi connectivity index (χ1v) is 7.39. The number of aryl methyl sites for hydroxylation is 1. The van der Waals surface area contributed by atoms with Crippen LogP contribution in [0, 0.1) is 6.92 Å². The summed E-state index contributed by atoms with van der Waals surface area (Å²) in [6.45, 7) is 1.97. The van der Waals surface area contributed by atoms with E-state index in [1.807, 2.05) is 19.1 Å². The van der Waals surface area contributed by atoms with Crippen molar-refractivity contribution in [1.82, 2.24) is 15.0 Å². The van der Waals surface area contributed by atoms with Gasteiger partial charge >= 0.3 is 0 Å². The second-order valence-electron chi connectivity index (χ2n) is 4.19. The Labute approximate surface area is 123 Å². The van der Waals surface area contributed by atoms with Crippen LogP contribution in [0.2, 0.25) is 0 Å². The third kappa shape index (κ3) is 2.47. The van der Waals surface area contributed by atoms with E-state index in [2.05, 4.69) is 15.0 Å². The Morgan fingerprint density at radius 1 is 1.00 bits per heavy atom. The van der Waals surface area contributed by atoms with E-state index in [1.54, 1.807) is 11.3 Å². The maximum atomic E-state index is 6.06. The molecule has 0 amide bonds. The van der Waals surface area contributed by atoms with Gasteiger partial charge in [0.05, 0.1) is 15.2 Å². The third-order valence-electron chi connectivity index (χ3n) is 2.57. The van der Waals surface area contributed by atoms with Crippen LogP contribution >= 0.6 is 23.1 Å². The normalized spacial score (nSPS) is 11.1. The lowest BCUT2D eigenvalue weighted by molar-refractivity contribution is 0.985. The number of nitrogens with two attached hydrogens (primary N) is 3. The van der Waals surface area contributed by atoms with E-state index < -0.39 is 0 Å². The highest BCUT2D eigenvalue weighted by atomic mass is 32.2. The molecule has 0 unspecified atom stereocenters. The van der Waals surface area contributed by atoms with E-state index in [0.717, 1.165) is 20.1 Å². The highest BCUT2D eigenvalue weighted by Gasteiger charge is 2.10. The molecule has 20 heavy (non-hydrogen) atoms. The third-order valence-corrected chi connectivity index (χ3v) is 4.45. The molecule has 0 aliphatic carbocycles. The molecule has 3 aromatic rings. The van der Waals surface area contributed by atoms with Gasteiger partial charge in [-0.3, -0.25) is 0 Å². The summed E-state index contributed by atoms with van der Waals surface area (Å²) in [6, 6.07) is 5.36. The molecule has 0 radical (unpaired) electrons. The van der Waals surface area contributed by atoms with Crippen LogP contribution in [0.5, 0.6) is 0 Å². The molecule has 8 heteroatoms. The molecule has 0 bridgehead atoms. The fourth-order valence-electron chi connectivity index (χ4n) is 1.78. The van der Waals surface area contributed by atoms with Gasteiger partial charge in [0, 0.05) is 16.6 Å². The minimum Gasteiger partial charge on any atom is -0.398 e. The summed E-state index contributed by atoms with van der Waals surface area (Å²) in [5.74, 6) is 0.674. The van der Waals surface area contributed by atoms with E-state index in [9.17, 15) is 0 Å². The Balaban J connectivity index is 2.03. The van der Waals surface area contributed by atoms with Gasteiger partial charge in [-0.15, -0.1) is 11.3 Å². The molecule has 0 saturated carbocycles. The van der Waals surface area contributed by atoms with E-state index in [4.69, 9.17) is 17.2 Å². The standard InChI is InChI=1S/C12H12N6S2/c1-5-16-7-3-8(6(13)2-9(7)19-5)20-12-17-10(14)4-11(15)18-12/h2-4H,13H2,1H3,(H4,14,15,17,18). The zero-order chi connectivity index (χ0) is 14.3. The number of aromatic nitrogens is 3. The van der Waals surface area contributed by atoms with Crippen molar-refractivity contribution < 1.29 is 0 Å². The zero-order valence-corrected chi connectivity index (χ0v) is 12.3. The predicted octanol–water partition coefficient (Wildman–Crippen LogP) is 2.29. The van der Waals surface area contributed by atoms with Crippen molar-refractivity contribution in [2.24, 2.45) is 0 Å². The first-order chi connectivity index (χ1) is 9.51. The summed E-state index contributed by atoms with van der Waals surface area (Å²) in [6.07, 6.45) is 0. The maximum Gasteiger partial charge on any atom is 0.196 e. The molecule has 2 heterocycles. The van der Waals surface area contributed by atoms with Gasteiger partial charge in [0.25, 0.3) is 0 Å². The van der Waals surface area contributed by atoms with Gasteiger partial charge in [0.2, 0.25) is 0 Å². The van der Waals surface area contributed by atoms with Crippen molar-refractivity contribution in [1.29, 1.82) is 0 Å². The molecule has 6 N–H and O–H groups in total. The number of anilines is 3. The van der Waals surface area contributed by atoms with E-state index in [1.165, 1.54) is 17.8 Å². The van der Waals surface area contributed by atoms with Crippen LogP contribution in [0.25, 0.3) is 10.2 Å². The quantitative estimate of drug-likeness (QED) is 0.491. The van der Waals surface area contributed by atoms with Gasteiger partial charge in [-0.05, 0) is 30.8 Å². The molecule has 0 aliphatic heterocycles. The first kappa shape index (κ1) is 12.9. The van der Waals surface area contributed by atoms with Gasteiger partial charge in [-0.1, -0.05) is 0 Å². The maximum absolute atomic E-state index is 6.06. The van der Waals surface area contributed by atoms with Gasteiger partial charge in [0.1, 0.15) is 11.6 Å². The zero-order valence-electron chi connectivity index (χ0n) is 10.6. The Hall–Kier alpha value is -2.06. The van der Waals surface area contributed by atoms with Crippen molar-refractivity contribution in [3.8, 4) is 0 Å². The largest absolute Gasteiger partial charge is 0.398 e. The molecule has 0 fully saturated rings. The van der Waals surface area contributed by atoms with Crippen molar-refractivity contribution in [2.75, 3.05) is 17.2 Å². The van der Waals surface area contributed by atoms with Crippen LogP contribution < -0.4 is 17.2 Å². The molecule has 3 rings (SSSR count). The average molecular weight is 304 g/mol. The lowest BCUT2D eigenvalue weighted by atomic mass is 10.3. The molecular formula is C12H12N6S2. The summed E-state index contributed by atoms with van der Waals surface area (Å²) in [5.41, 5.74) is 19.0. The molecule has 0 atom stereocenters. The van der Waals surface area contributed by atoms with Crippen molar-refractivity contribution >= 4 is 50.6 Å². The molecule has 0 spiro atoms. The number of nitrogens with zero attached hydrogens (tertiary/aromatic N) is 3. The fraction of sp³-hybridized carbons (Fsp3) is 0.0833. The van der Waals surface area contributed by atoms with Crippen LogP contribution in [0.15, 0.2) is 28.3 Å². The van der Waals surface area contributed by atoms with Crippen LogP contribution in [-0.4, -0.2) is 15.0 Å². The summed E-state index contributed by atoms with van der Waals surface area (Å²) in [7, 11) is 0. The van der Waals surface area contributed by atoms with Gasteiger partial charge in [-0.2, -0.15) is 0 Å². The van der Waals surface area contributed by atoms with Crippen LogP contribution in [0.4, 0.5) is 17.3 Å². The van der Waals surface area contributed by atoms with Gasteiger partial charge in [0.15, 0.2) is 5.16 Å². The Kier molecular flexibility index (Phi) is 3.11. The van der Waals surface area contributed by atoms with Crippen LogP contribution in [0.1, 0.15) is 5.01 Å². The van der Waals surface area contributed by atoms with Crippen molar-refractivity contribution in [3.05, 3.63) is 23.2 Å². The van der Waals surface area contributed by atoms with Crippen molar-refractivity contribution in [2.45, 2.75) is 17.0 Å². The SMILES string of the molecule is Cc1nc2cc(Sc3nc(N)cc(N)n3)c(N)cc2s1. The highest BCUT2D eigenvalue weighted by Crippen LogP contribution is 2.35. The molecule has 2 aromatic heterocycles. The second-order valence-corrected chi connectivity index (χ2v) is 6.44. The summed E-state index contributed by atoms with van der Waals surface area (Å²) < 4.78 is 1.07. The monoisotopic (exact) mass is 304 g/mol. The lowest BCUT2D eigenvalue weighted by Gasteiger charge is -2.05. The lowest BCUT2D eigenvalue weighted by Crippen LogP contribution is -1.99. The second kappa shape index (κ2) is 4.80. The molecule has 1 aromatic carbocycles. The van der Waals surface area contributed by atoms with Crippen LogP contribution in [-0.2, 0) is 0 Å². The highest BCUT2D eigenvalue weighted by molar-refractivity contribution is 7.99. The van der Waals surface area contributed by atoms with Crippen molar-refractivity contribution in [3.63, 3.8) is 0 Å². The van der Waals surface area contributed by atoms with E-state index in [-0.39, 0.29) is 0 Å². The first-order valence-electron chi connectivity index (χ1n) is 5.76. The Morgan fingerprint density at radius 3 is 2.40 bits per heavy atom. The number of hydrogen-bond acceptors (Lipinski definition) is 8. The number of nitrogen functional groups attached to an aromatic ring is 3. The number of hydrogen-bond donors (Lipinski definition) is 3. The average Bonchev–Trinajstić information content (AvgIpc) is 2.67. The number of benzene rings is 1. The summed E-state index contributed by atoms with van der Waals surface area (Å²) in [4.78, 5) is 13.6. The minimum atomic E-state index is 0.337. The molecule has 6 nitrogen and oxygen atoms in total. The Morgan fingerprint density at radius 2 is 1.70 bits per heavy atom. The Bertz CT molecular complexity index is 778. The molecule has 102 valence electrons. The molecule has 0 aliphatic rings. The van der Waals surface area contributed by atoms with E-state index in [0.29, 0.717) is 22.5 Å². The smallest absolute Gasteiger partial charge is 0.196 e. The van der Waals surface area contributed by atoms with Gasteiger partial charge < -0.3 is 17.2 Å². The minimum absolute atomic E-state index is 0.337. The summed E-state index contributed by atoms with van der Waals surface area (Å²) >= 11 is 2.94. The number of thiazole rings is 1.